The second kappa shape index (κ2) is 10.8. The molecule has 1 unspecified atom stereocenters. The van der Waals surface area contributed by atoms with E-state index < -0.39 is 0 Å². The van der Waals surface area contributed by atoms with Crippen LogP contribution < -0.4 is 10.1 Å². The molecule has 1 spiro atoms. The van der Waals surface area contributed by atoms with Crippen molar-refractivity contribution in [2.75, 3.05) is 33.3 Å². The van der Waals surface area contributed by atoms with Crippen molar-refractivity contribution in [2.45, 2.75) is 51.1 Å². The lowest BCUT2D eigenvalue weighted by Crippen LogP contribution is -2.45. The van der Waals surface area contributed by atoms with Gasteiger partial charge in [0.2, 0.25) is 11.8 Å². The molecule has 3 fully saturated rings. The minimum absolute atomic E-state index is 0.0145. The monoisotopic (exact) mass is 509 g/mol. The van der Waals surface area contributed by atoms with Gasteiger partial charge in [-0.15, -0.1) is 0 Å². The molecule has 6 nitrogen and oxygen atoms in total. The summed E-state index contributed by atoms with van der Waals surface area (Å²) in [7, 11) is 1.66. The number of amides is 2. The van der Waals surface area contributed by atoms with Crippen molar-refractivity contribution < 1.29 is 14.3 Å². The van der Waals surface area contributed by atoms with Gasteiger partial charge in [-0.3, -0.25) is 9.59 Å². The summed E-state index contributed by atoms with van der Waals surface area (Å²) in [5.41, 5.74) is 2.03. The van der Waals surface area contributed by atoms with E-state index in [1.807, 2.05) is 53.4 Å². The quantitative estimate of drug-likeness (QED) is 0.526. The van der Waals surface area contributed by atoms with E-state index in [1.54, 1.807) is 7.11 Å². The summed E-state index contributed by atoms with van der Waals surface area (Å²) in [6, 6.07) is 15.8. The van der Waals surface area contributed by atoms with E-state index in [1.165, 1.54) is 0 Å². The zero-order chi connectivity index (χ0) is 25.1. The highest BCUT2D eigenvalue weighted by Crippen LogP contribution is 2.42. The van der Waals surface area contributed by atoms with Crippen molar-refractivity contribution >= 4 is 23.4 Å². The van der Waals surface area contributed by atoms with Crippen molar-refractivity contribution in [3.63, 3.8) is 0 Å². The van der Waals surface area contributed by atoms with E-state index in [0.29, 0.717) is 17.5 Å². The molecule has 1 N–H and O–H groups in total. The Balaban J connectivity index is 1.14. The second-order valence-corrected chi connectivity index (χ2v) is 11.1. The number of nitrogens with zero attached hydrogens (tertiary/aromatic N) is 2. The molecule has 0 bridgehead atoms. The maximum atomic E-state index is 13.4. The first-order valence-corrected chi connectivity index (χ1v) is 13.5. The minimum Gasteiger partial charge on any atom is -0.497 e. The number of carbonyl (C=O) groups is 2. The van der Waals surface area contributed by atoms with E-state index in [0.717, 1.165) is 81.6 Å². The van der Waals surface area contributed by atoms with Crippen molar-refractivity contribution in [1.29, 1.82) is 0 Å². The van der Waals surface area contributed by atoms with Crippen LogP contribution in [0.25, 0.3) is 0 Å². The van der Waals surface area contributed by atoms with Crippen molar-refractivity contribution in [1.82, 2.24) is 15.1 Å². The molecule has 7 heteroatoms. The average molecular weight is 510 g/mol. The Labute approximate surface area is 218 Å². The fourth-order valence-corrected chi connectivity index (χ4v) is 5.75. The van der Waals surface area contributed by atoms with Crippen LogP contribution in [0.3, 0.4) is 0 Å². The third-order valence-electron chi connectivity index (χ3n) is 8.22. The zero-order valence-electron chi connectivity index (χ0n) is 21.0. The Hall–Kier alpha value is -2.57. The molecule has 2 amide bonds. The lowest BCUT2D eigenvalue weighted by molar-refractivity contribution is -0.139. The maximum absolute atomic E-state index is 13.4. The molecule has 0 radical (unpaired) electrons. The Kier molecular flexibility index (Phi) is 7.54. The molecule has 1 saturated carbocycles. The number of methoxy groups -OCH3 is 1. The predicted octanol–water partition coefficient (Wildman–Crippen LogP) is 4.82. The van der Waals surface area contributed by atoms with Crippen LogP contribution >= 0.6 is 11.6 Å². The predicted molar refractivity (Wildman–Crippen MR) is 141 cm³/mol. The van der Waals surface area contributed by atoms with Gasteiger partial charge in [-0.25, -0.2) is 0 Å². The van der Waals surface area contributed by atoms with Gasteiger partial charge in [0.25, 0.3) is 0 Å². The summed E-state index contributed by atoms with van der Waals surface area (Å²) in [5, 5.41) is 3.97. The normalized spacial score (nSPS) is 20.5. The smallest absolute Gasteiger partial charge is 0.229 e. The Morgan fingerprint density at radius 2 is 1.72 bits per heavy atom. The molecular formula is C29H36ClN3O3. The fourth-order valence-electron chi connectivity index (χ4n) is 5.63. The highest BCUT2D eigenvalue weighted by molar-refractivity contribution is 6.30. The fraction of sp³-hybridized carbons (Fsp3) is 0.517. The second-order valence-electron chi connectivity index (χ2n) is 10.6. The molecule has 36 heavy (non-hydrogen) atoms. The molecular weight excluding hydrogens is 474 g/mol. The molecule has 2 aromatic rings. The molecule has 2 aromatic carbocycles. The SMILES string of the molecule is COc1ccc(CN2CCC3(CCN(CCC(NC(=O)C4CC4)c4ccc(Cl)cc4)CC3)C2=O)cc1. The third kappa shape index (κ3) is 5.70. The maximum Gasteiger partial charge on any atom is 0.229 e. The third-order valence-corrected chi connectivity index (χ3v) is 8.47. The zero-order valence-corrected chi connectivity index (χ0v) is 21.8. The number of halogens is 1. The van der Waals surface area contributed by atoms with Gasteiger partial charge in [-0.05, 0) is 87.0 Å². The van der Waals surface area contributed by atoms with E-state index in [4.69, 9.17) is 16.3 Å². The van der Waals surface area contributed by atoms with Crippen LogP contribution in [-0.4, -0.2) is 54.9 Å². The lowest BCUT2D eigenvalue weighted by Gasteiger charge is -2.38. The van der Waals surface area contributed by atoms with Gasteiger partial charge in [-0.2, -0.15) is 0 Å². The first-order chi connectivity index (χ1) is 17.5. The summed E-state index contributed by atoms with van der Waals surface area (Å²) >= 11 is 6.09. The Bertz CT molecular complexity index is 1060. The lowest BCUT2D eigenvalue weighted by atomic mass is 9.77. The van der Waals surface area contributed by atoms with E-state index >= 15 is 0 Å². The van der Waals surface area contributed by atoms with Crippen LogP contribution in [0.4, 0.5) is 0 Å². The van der Waals surface area contributed by atoms with Gasteiger partial charge in [-0.1, -0.05) is 35.9 Å². The topological polar surface area (TPSA) is 61.9 Å². The molecule has 1 aliphatic carbocycles. The van der Waals surface area contributed by atoms with Crippen LogP contribution in [0.1, 0.15) is 55.7 Å². The van der Waals surface area contributed by atoms with Crippen molar-refractivity contribution in [2.24, 2.45) is 11.3 Å². The number of nitrogens with one attached hydrogen (secondary N) is 1. The molecule has 5 rings (SSSR count). The number of ether oxygens (including phenoxy) is 1. The van der Waals surface area contributed by atoms with E-state index in [9.17, 15) is 9.59 Å². The van der Waals surface area contributed by atoms with Gasteiger partial charge in [0.15, 0.2) is 0 Å². The summed E-state index contributed by atoms with van der Waals surface area (Å²) < 4.78 is 5.25. The molecule has 2 saturated heterocycles. The standard InChI is InChI=1S/C29H36ClN3O3/c1-36-25-10-2-21(3-11-25)20-33-19-15-29(28(33)35)13-17-32(18-14-29)16-12-26(31-27(34)23-4-5-23)22-6-8-24(30)9-7-22/h2-3,6-11,23,26H,4-5,12-20H2,1H3,(H,31,34). The number of rotatable bonds is 9. The van der Waals surface area contributed by atoms with Crippen LogP contribution in [0, 0.1) is 11.3 Å². The first kappa shape index (κ1) is 25.1. The number of likely N-dealkylation sites (tertiary alicyclic amines) is 2. The summed E-state index contributed by atoms with van der Waals surface area (Å²) in [6.07, 6.45) is 5.61. The van der Waals surface area contributed by atoms with Crippen LogP contribution in [0.5, 0.6) is 5.75 Å². The van der Waals surface area contributed by atoms with Crippen LogP contribution in [0.2, 0.25) is 5.02 Å². The Morgan fingerprint density at radius 1 is 1.06 bits per heavy atom. The highest BCUT2D eigenvalue weighted by atomic mass is 35.5. The molecule has 2 heterocycles. The van der Waals surface area contributed by atoms with Gasteiger partial charge < -0.3 is 19.9 Å². The number of hydrogen-bond acceptors (Lipinski definition) is 4. The molecule has 192 valence electrons. The van der Waals surface area contributed by atoms with Gasteiger partial charge in [0.1, 0.15) is 5.75 Å². The Morgan fingerprint density at radius 3 is 2.36 bits per heavy atom. The van der Waals surface area contributed by atoms with E-state index in [2.05, 4.69) is 10.2 Å². The van der Waals surface area contributed by atoms with Crippen molar-refractivity contribution in [3.8, 4) is 5.75 Å². The number of carbonyl (C=O) groups excluding carboxylic acids is 2. The molecule has 1 atom stereocenters. The first-order valence-electron chi connectivity index (χ1n) is 13.2. The molecule has 2 aliphatic heterocycles. The van der Waals surface area contributed by atoms with Crippen molar-refractivity contribution in [3.05, 3.63) is 64.7 Å². The average Bonchev–Trinajstić information content (AvgIpc) is 3.72. The summed E-state index contributed by atoms with van der Waals surface area (Å²) in [5.74, 6) is 1.50. The number of benzene rings is 2. The van der Waals surface area contributed by atoms with E-state index in [-0.39, 0.29) is 23.3 Å². The number of hydrogen-bond donors (Lipinski definition) is 1. The van der Waals surface area contributed by atoms with Gasteiger partial charge in [0.05, 0.1) is 18.6 Å². The summed E-state index contributed by atoms with van der Waals surface area (Å²) in [6.45, 7) is 4.24. The van der Waals surface area contributed by atoms with Crippen LogP contribution in [0.15, 0.2) is 48.5 Å². The largest absolute Gasteiger partial charge is 0.497 e. The molecule has 3 aliphatic rings. The highest BCUT2D eigenvalue weighted by Gasteiger charge is 2.47. The number of piperidine rings is 1. The van der Waals surface area contributed by atoms with Gasteiger partial charge >= 0.3 is 0 Å². The summed E-state index contributed by atoms with van der Waals surface area (Å²) in [4.78, 5) is 30.4. The van der Waals surface area contributed by atoms with Gasteiger partial charge in [0, 0.05) is 30.6 Å². The molecule has 0 aromatic heterocycles. The minimum atomic E-state index is -0.210. The van der Waals surface area contributed by atoms with Crippen LogP contribution in [-0.2, 0) is 16.1 Å².